The number of piperazine rings is 1. The van der Waals surface area contributed by atoms with Crippen molar-refractivity contribution in [2.24, 2.45) is 0 Å². The van der Waals surface area contributed by atoms with Crippen LogP contribution in [0.3, 0.4) is 0 Å². The normalized spacial score (nSPS) is 30.2. The summed E-state index contributed by atoms with van der Waals surface area (Å²) in [4.78, 5) is 2.70. The van der Waals surface area contributed by atoms with Crippen molar-refractivity contribution < 1.29 is 0 Å². The van der Waals surface area contributed by atoms with E-state index in [1.54, 1.807) is 0 Å². The zero-order chi connectivity index (χ0) is 13.9. The summed E-state index contributed by atoms with van der Waals surface area (Å²) in [5.41, 5.74) is 1.48. The van der Waals surface area contributed by atoms with Crippen molar-refractivity contribution in [3.63, 3.8) is 0 Å². The van der Waals surface area contributed by atoms with Crippen LogP contribution in [0.2, 0.25) is 0 Å². The Bertz CT molecular complexity index is 390. The van der Waals surface area contributed by atoms with E-state index < -0.39 is 0 Å². The van der Waals surface area contributed by atoms with Crippen LogP contribution >= 0.6 is 0 Å². The smallest absolute Gasteiger partial charge is 0.0535 e. The van der Waals surface area contributed by atoms with E-state index >= 15 is 0 Å². The van der Waals surface area contributed by atoms with E-state index in [0.29, 0.717) is 12.1 Å². The summed E-state index contributed by atoms with van der Waals surface area (Å²) in [7, 11) is 0. The maximum Gasteiger partial charge on any atom is 0.0535 e. The average molecular weight is 260 g/mol. The maximum atomic E-state index is 3.78. The van der Waals surface area contributed by atoms with E-state index in [1.165, 1.54) is 18.4 Å². The molecule has 1 aromatic carbocycles. The second-order valence-electron chi connectivity index (χ2n) is 6.07. The van der Waals surface area contributed by atoms with Crippen LogP contribution in [0.15, 0.2) is 30.3 Å². The molecule has 0 radical (unpaired) electrons. The van der Waals surface area contributed by atoms with Crippen LogP contribution in [0.5, 0.6) is 0 Å². The highest BCUT2D eigenvalue weighted by molar-refractivity contribution is 5.25. The molecule has 0 aliphatic carbocycles. The first-order valence-corrected chi connectivity index (χ1v) is 7.67. The van der Waals surface area contributed by atoms with Gasteiger partial charge in [-0.2, -0.15) is 0 Å². The Morgan fingerprint density at radius 1 is 1.32 bits per heavy atom. The number of nitrogens with zero attached hydrogens (tertiary/aromatic N) is 1. The SMILES string of the molecule is CCC(C)N1CC(C)(c2ccccc2)NCC1CC. The Balaban J connectivity index is 2.21. The summed E-state index contributed by atoms with van der Waals surface area (Å²) in [5.74, 6) is 0. The van der Waals surface area contributed by atoms with E-state index in [2.05, 4.69) is 68.2 Å². The van der Waals surface area contributed by atoms with Crippen molar-refractivity contribution in [2.45, 2.75) is 58.2 Å². The molecule has 0 aromatic heterocycles. The molecule has 2 heteroatoms. The molecule has 1 fully saturated rings. The minimum Gasteiger partial charge on any atom is -0.305 e. The van der Waals surface area contributed by atoms with Crippen molar-refractivity contribution in [1.82, 2.24) is 10.2 Å². The molecule has 19 heavy (non-hydrogen) atoms. The lowest BCUT2D eigenvalue weighted by molar-refractivity contribution is 0.0488. The molecule has 1 heterocycles. The van der Waals surface area contributed by atoms with Gasteiger partial charge in [-0.3, -0.25) is 4.90 Å². The van der Waals surface area contributed by atoms with E-state index in [0.717, 1.165) is 13.1 Å². The van der Waals surface area contributed by atoms with E-state index in [4.69, 9.17) is 0 Å². The molecule has 1 aliphatic rings. The number of benzene rings is 1. The zero-order valence-electron chi connectivity index (χ0n) is 12.8. The minimum absolute atomic E-state index is 0.0797. The molecule has 106 valence electrons. The highest BCUT2D eigenvalue weighted by atomic mass is 15.3. The van der Waals surface area contributed by atoms with Crippen LogP contribution in [0.1, 0.15) is 46.1 Å². The van der Waals surface area contributed by atoms with Gasteiger partial charge >= 0.3 is 0 Å². The van der Waals surface area contributed by atoms with E-state index in [9.17, 15) is 0 Å². The Morgan fingerprint density at radius 2 is 2.00 bits per heavy atom. The molecule has 2 rings (SSSR count). The summed E-state index contributed by atoms with van der Waals surface area (Å²) in [5, 5.41) is 3.78. The Morgan fingerprint density at radius 3 is 2.58 bits per heavy atom. The molecule has 3 unspecified atom stereocenters. The summed E-state index contributed by atoms with van der Waals surface area (Å²) in [6.45, 7) is 11.5. The molecule has 1 saturated heterocycles. The van der Waals surface area contributed by atoms with Gasteiger partial charge in [-0.05, 0) is 32.3 Å². The minimum atomic E-state index is 0.0797. The summed E-state index contributed by atoms with van der Waals surface area (Å²) >= 11 is 0. The molecule has 0 saturated carbocycles. The van der Waals surface area contributed by atoms with Gasteiger partial charge in [0.1, 0.15) is 0 Å². The largest absolute Gasteiger partial charge is 0.305 e. The topological polar surface area (TPSA) is 15.3 Å². The van der Waals surface area contributed by atoms with Crippen molar-refractivity contribution in [2.75, 3.05) is 13.1 Å². The first-order chi connectivity index (χ1) is 9.10. The van der Waals surface area contributed by atoms with Gasteiger partial charge in [0, 0.05) is 25.2 Å². The molecule has 0 amide bonds. The van der Waals surface area contributed by atoms with Crippen LogP contribution in [0.25, 0.3) is 0 Å². The Hall–Kier alpha value is -0.860. The summed E-state index contributed by atoms with van der Waals surface area (Å²) < 4.78 is 0. The van der Waals surface area contributed by atoms with Crippen LogP contribution in [0, 0.1) is 0 Å². The third kappa shape index (κ3) is 3.01. The van der Waals surface area contributed by atoms with Crippen LogP contribution in [-0.4, -0.2) is 30.1 Å². The lowest BCUT2D eigenvalue weighted by atomic mass is 9.87. The molecule has 1 aromatic rings. The van der Waals surface area contributed by atoms with Crippen molar-refractivity contribution >= 4 is 0 Å². The standard InChI is InChI=1S/C17H28N2/c1-5-14(3)19-13-17(4,18-12-16(19)6-2)15-10-8-7-9-11-15/h7-11,14,16,18H,5-6,12-13H2,1-4H3. The van der Waals surface area contributed by atoms with Gasteiger partial charge in [0.15, 0.2) is 0 Å². The molecular formula is C17H28N2. The van der Waals surface area contributed by atoms with E-state index in [-0.39, 0.29) is 5.54 Å². The van der Waals surface area contributed by atoms with Gasteiger partial charge in [0.05, 0.1) is 5.54 Å². The molecule has 3 atom stereocenters. The molecule has 1 aliphatic heterocycles. The van der Waals surface area contributed by atoms with Crippen LogP contribution < -0.4 is 5.32 Å². The third-order valence-corrected chi connectivity index (χ3v) is 4.73. The number of hydrogen-bond donors (Lipinski definition) is 1. The Kier molecular flexibility index (Phi) is 4.64. The Labute approximate surface area is 118 Å². The monoisotopic (exact) mass is 260 g/mol. The van der Waals surface area contributed by atoms with Gasteiger partial charge < -0.3 is 5.32 Å². The molecule has 2 nitrogen and oxygen atoms in total. The first-order valence-electron chi connectivity index (χ1n) is 7.67. The fourth-order valence-corrected chi connectivity index (χ4v) is 3.14. The van der Waals surface area contributed by atoms with Gasteiger partial charge in [-0.1, -0.05) is 44.2 Å². The zero-order valence-corrected chi connectivity index (χ0v) is 12.8. The highest BCUT2D eigenvalue weighted by Gasteiger charge is 2.37. The summed E-state index contributed by atoms with van der Waals surface area (Å²) in [6.07, 6.45) is 2.45. The lowest BCUT2D eigenvalue weighted by Crippen LogP contribution is -2.62. The predicted octanol–water partition coefficient (Wildman–Crippen LogP) is 3.38. The quantitative estimate of drug-likeness (QED) is 0.893. The van der Waals surface area contributed by atoms with Crippen molar-refractivity contribution in [1.29, 1.82) is 0 Å². The number of rotatable bonds is 4. The van der Waals surface area contributed by atoms with Gasteiger partial charge in [-0.15, -0.1) is 0 Å². The van der Waals surface area contributed by atoms with Crippen LogP contribution in [0.4, 0.5) is 0 Å². The third-order valence-electron chi connectivity index (χ3n) is 4.73. The van der Waals surface area contributed by atoms with Gasteiger partial charge in [0.25, 0.3) is 0 Å². The van der Waals surface area contributed by atoms with Gasteiger partial charge in [0.2, 0.25) is 0 Å². The number of nitrogens with one attached hydrogen (secondary N) is 1. The molecular weight excluding hydrogens is 232 g/mol. The highest BCUT2D eigenvalue weighted by Crippen LogP contribution is 2.29. The van der Waals surface area contributed by atoms with Crippen LogP contribution in [-0.2, 0) is 5.54 Å². The molecule has 0 bridgehead atoms. The summed E-state index contributed by atoms with van der Waals surface area (Å²) in [6, 6.07) is 12.2. The van der Waals surface area contributed by atoms with Crippen molar-refractivity contribution in [3.05, 3.63) is 35.9 Å². The average Bonchev–Trinajstić information content (AvgIpc) is 2.47. The second-order valence-corrected chi connectivity index (χ2v) is 6.07. The fraction of sp³-hybridized carbons (Fsp3) is 0.647. The molecule has 0 spiro atoms. The maximum absolute atomic E-state index is 3.78. The second kappa shape index (κ2) is 6.06. The predicted molar refractivity (Wildman–Crippen MR) is 82.3 cm³/mol. The van der Waals surface area contributed by atoms with Crippen molar-refractivity contribution in [3.8, 4) is 0 Å². The first kappa shape index (κ1) is 14.5. The lowest BCUT2D eigenvalue weighted by Gasteiger charge is -2.48. The van der Waals surface area contributed by atoms with Gasteiger partial charge in [-0.25, -0.2) is 0 Å². The van der Waals surface area contributed by atoms with E-state index in [1.807, 2.05) is 0 Å². The fourth-order valence-electron chi connectivity index (χ4n) is 3.14. The molecule has 1 N–H and O–H groups in total. The number of hydrogen-bond acceptors (Lipinski definition) is 2.